The molecule has 4 nitrogen and oxygen atoms in total. The van der Waals surface area contributed by atoms with Crippen LogP contribution in [-0.2, 0) is 33.0 Å². The first-order chi connectivity index (χ1) is 17.0. The molecule has 3 rings (SSSR count). The van der Waals surface area contributed by atoms with Crippen molar-refractivity contribution in [2.45, 2.75) is 85.5 Å². The van der Waals surface area contributed by atoms with E-state index in [4.69, 9.17) is 4.99 Å². The second-order valence-electron chi connectivity index (χ2n) is 13.0. The van der Waals surface area contributed by atoms with E-state index in [-0.39, 0.29) is 51.9 Å². The minimum Gasteiger partial charge on any atom is -0.507 e. The van der Waals surface area contributed by atoms with Gasteiger partial charge in [-0.3, -0.25) is 9.98 Å². The zero-order valence-corrected chi connectivity index (χ0v) is 26.4. The van der Waals surface area contributed by atoms with E-state index >= 15 is 0 Å². The molecule has 0 heterocycles. The molecule has 1 radical (unpaired) electrons. The Morgan fingerprint density at radius 2 is 1.03 bits per heavy atom. The van der Waals surface area contributed by atoms with Crippen LogP contribution in [-0.4, -0.2) is 22.6 Å². The summed E-state index contributed by atoms with van der Waals surface area (Å²) in [5.74, 6) is 0.506. The molecule has 0 aromatic heterocycles. The third-order valence-electron chi connectivity index (χ3n) is 6.47. The van der Waals surface area contributed by atoms with E-state index in [0.717, 1.165) is 22.3 Å². The summed E-state index contributed by atoms with van der Waals surface area (Å²) in [6.07, 6.45) is 3.41. The molecule has 0 bridgehead atoms. The third-order valence-corrected chi connectivity index (χ3v) is 6.47. The number of rotatable bonds is 4. The van der Waals surface area contributed by atoms with Gasteiger partial charge in [-0.05, 0) is 58.6 Å². The van der Waals surface area contributed by atoms with Crippen molar-refractivity contribution >= 4 is 23.8 Å². The Hall–Kier alpha value is -2.89. The van der Waals surface area contributed by atoms with E-state index in [1.54, 1.807) is 12.4 Å². The molecule has 2 N–H and O–H groups in total. The first-order valence-electron chi connectivity index (χ1n) is 12.9. The fraction of sp³-hybridized carbons (Fsp3) is 0.382. The van der Waals surface area contributed by atoms with Gasteiger partial charge in [-0.15, -0.1) is 0 Å². The Morgan fingerprint density at radius 3 is 1.44 bits per heavy atom. The van der Waals surface area contributed by atoms with Crippen molar-refractivity contribution in [2.75, 3.05) is 0 Å². The van der Waals surface area contributed by atoms with Crippen molar-refractivity contribution in [1.29, 1.82) is 0 Å². The first-order valence-corrected chi connectivity index (χ1v) is 12.9. The average molecular weight is 573 g/mol. The zero-order valence-electron chi connectivity index (χ0n) is 25.4. The van der Waals surface area contributed by atoms with Crippen LogP contribution in [0.4, 0.5) is 11.4 Å². The molecule has 0 unspecified atom stereocenters. The standard InChI is InChI=1S/C33H42N2O2.CH3.Co/c1-21-15-22(29(36)25(16-21)32(5,6)7)19-34-27-13-11-12-14-28(27)35-20-23-17-24(31(2,3)4)18-26(30(23)37)33(8,9)10;;/h11-20,36-37H,1-10H3;1H3;/q;-1;. The number of aromatic hydroxyl groups is 2. The second-order valence-corrected chi connectivity index (χ2v) is 13.0. The molecule has 3 aromatic rings. The van der Waals surface area contributed by atoms with Crippen LogP contribution in [0.5, 0.6) is 11.5 Å². The van der Waals surface area contributed by atoms with Crippen molar-refractivity contribution in [3.05, 3.63) is 89.3 Å². The van der Waals surface area contributed by atoms with E-state index in [1.807, 2.05) is 49.4 Å². The van der Waals surface area contributed by atoms with Crippen molar-refractivity contribution in [1.82, 2.24) is 0 Å². The van der Waals surface area contributed by atoms with Gasteiger partial charge in [-0.2, -0.15) is 0 Å². The zero-order chi connectivity index (χ0) is 27.8. The van der Waals surface area contributed by atoms with Gasteiger partial charge in [-0.25, -0.2) is 0 Å². The summed E-state index contributed by atoms with van der Waals surface area (Å²) in [5.41, 5.74) is 6.26. The van der Waals surface area contributed by atoms with Gasteiger partial charge in [0.1, 0.15) is 11.5 Å². The summed E-state index contributed by atoms with van der Waals surface area (Å²) in [6.45, 7) is 21.1. The van der Waals surface area contributed by atoms with E-state index in [9.17, 15) is 10.2 Å². The maximum atomic E-state index is 11.1. The number of hydrogen-bond acceptors (Lipinski definition) is 4. The minimum atomic E-state index is -0.210. The van der Waals surface area contributed by atoms with E-state index < -0.39 is 0 Å². The van der Waals surface area contributed by atoms with Gasteiger partial charge in [0, 0.05) is 51.5 Å². The van der Waals surface area contributed by atoms with Crippen LogP contribution in [0.1, 0.15) is 95.7 Å². The molecule has 3 aromatic carbocycles. The Kier molecular flexibility index (Phi) is 11.0. The Labute approximate surface area is 246 Å². The molecular formula is C34H45CoN2O2-. The molecule has 39 heavy (non-hydrogen) atoms. The summed E-state index contributed by atoms with van der Waals surface area (Å²) in [5, 5.41) is 22.0. The van der Waals surface area contributed by atoms with Gasteiger partial charge in [0.05, 0.1) is 11.4 Å². The first kappa shape index (κ1) is 34.1. The van der Waals surface area contributed by atoms with Crippen LogP contribution in [0.15, 0.2) is 58.5 Å². The summed E-state index contributed by atoms with van der Waals surface area (Å²) in [7, 11) is 0. The molecule has 213 valence electrons. The number of aryl methyl sites for hydroxylation is 1. The Morgan fingerprint density at radius 1 is 0.615 bits per heavy atom. The number of hydrogen-bond donors (Lipinski definition) is 2. The molecule has 0 saturated carbocycles. The summed E-state index contributed by atoms with van der Waals surface area (Å²) < 4.78 is 0. The molecule has 5 heteroatoms. The molecule has 0 fully saturated rings. The predicted octanol–water partition coefficient (Wildman–Crippen LogP) is 9.25. The van der Waals surface area contributed by atoms with E-state index in [1.165, 1.54) is 0 Å². The average Bonchev–Trinajstić information content (AvgIpc) is 2.77. The molecule has 0 atom stereocenters. The molecule has 0 aliphatic carbocycles. The van der Waals surface area contributed by atoms with Crippen LogP contribution in [0, 0.1) is 14.4 Å². The van der Waals surface area contributed by atoms with E-state index in [0.29, 0.717) is 22.5 Å². The Balaban J connectivity index is 0.00000380. The largest absolute Gasteiger partial charge is 0.507 e. The van der Waals surface area contributed by atoms with Crippen LogP contribution in [0.25, 0.3) is 0 Å². The Bertz CT molecular complexity index is 1350. The van der Waals surface area contributed by atoms with Crippen molar-refractivity contribution < 1.29 is 27.0 Å². The van der Waals surface area contributed by atoms with Gasteiger partial charge in [0.15, 0.2) is 0 Å². The summed E-state index contributed by atoms with van der Waals surface area (Å²) in [4.78, 5) is 9.42. The second kappa shape index (κ2) is 12.5. The number of phenolic OH excluding ortho intramolecular Hbond substituents is 2. The van der Waals surface area contributed by atoms with Crippen molar-refractivity contribution in [3.8, 4) is 11.5 Å². The van der Waals surface area contributed by atoms with Gasteiger partial charge in [0.25, 0.3) is 0 Å². The van der Waals surface area contributed by atoms with Crippen LogP contribution >= 0.6 is 0 Å². The molecular weight excluding hydrogens is 527 g/mol. The summed E-state index contributed by atoms with van der Waals surface area (Å²) in [6, 6.07) is 15.7. The molecule has 0 amide bonds. The van der Waals surface area contributed by atoms with Crippen LogP contribution in [0.3, 0.4) is 0 Å². The quantitative estimate of drug-likeness (QED) is 0.242. The molecule has 0 saturated heterocycles. The van der Waals surface area contributed by atoms with Gasteiger partial charge in [0.2, 0.25) is 0 Å². The van der Waals surface area contributed by atoms with Crippen LogP contribution < -0.4 is 0 Å². The van der Waals surface area contributed by atoms with Crippen LogP contribution in [0.2, 0.25) is 0 Å². The maximum absolute atomic E-state index is 11.1. The smallest absolute Gasteiger partial charge is 0.128 e. The van der Waals surface area contributed by atoms with Gasteiger partial charge >= 0.3 is 0 Å². The number of para-hydroxylation sites is 2. The summed E-state index contributed by atoms with van der Waals surface area (Å²) >= 11 is 0. The fourth-order valence-electron chi connectivity index (χ4n) is 4.20. The maximum Gasteiger partial charge on any atom is 0.128 e. The number of benzene rings is 3. The molecule has 0 spiro atoms. The molecule has 0 aliphatic rings. The SMILES string of the molecule is Cc1cc(C=Nc2ccccc2N=Cc2cc(C(C)(C)C)cc(C(C)(C)C)c2O)c(O)c(C(C)(C)C)c1.[CH3-].[Co]. The van der Waals surface area contributed by atoms with Crippen molar-refractivity contribution in [2.24, 2.45) is 9.98 Å². The minimum absolute atomic E-state index is 0. The fourth-order valence-corrected chi connectivity index (χ4v) is 4.20. The topological polar surface area (TPSA) is 65.2 Å². The normalized spacial score (nSPS) is 12.5. The monoisotopic (exact) mass is 572 g/mol. The number of nitrogens with zero attached hydrogens (tertiary/aromatic N) is 2. The number of aliphatic imine (C=N–C) groups is 2. The molecule has 0 aliphatic heterocycles. The van der Waals surface area contributed by atoms with E-state index in [2.05, 4.69) is 73.4 Å². The van der Waals surface area contributed by atoms with Crippen molar-refractivity contribution in [3.63, 3.8) is 0 Å². The van der Waals surface area contributed by atoms with Gasteiger partial charge < -0.3 is 17.6 Å². The predicted molar refractivity (Wildman–Crippen MR) is 164 cm³/mol. The number of phenols is 2. The third kappa shape index (κ3) is 8.30. The van der Waals surface area contributed by atoms with Gasteiger partial charge in [-0.1, -0.05) is 86.6 Å².